The van der Waals surface area contributed by atoms with E-state index < -0.39 is 0 Å². The molecule has 7 nitrogen and oxygen atoms in total. The highest BCUT2D eigenvalue weighted by molar-refractivity contribution is 6.11. The van der Waals surface area contributed by atoms with Gasteiger partial charge >= 0.3 is 0 Å². The molecule has 2 aromatic heterocycles. The molecular weight excluding hydrogens is 364 g/mol. The number of imidazole rings is 1. The molecule has 3 aromatic rings. The molecule has 29 heavy (non-hydrogen) atoms. The number of hydrogen-bond donors (Lipinski definition) is 1. The zero-order valence-electron chi connectivity index (χ0n) is 16.5. The van der Waals surface area contributed by atoms with Gasteiger partial charge < -0.3 is 10.1 Å². The fourth-order valence-corrected chi connectivity index (χ4v) is 3.78. The van der Waals surface area contributed by atoms with Gasteiger partial charge in [0.2, 0.25) is 0 Å². The summed E-state index contributed by atoms with van der Waals surface area (Å²) in [7, 11) is 0. The molecule has 148 valence electrons. The molecule has 0 aliphatic carbocycles. The summed E-state index contributed by atoms with van der Waals surface area (Å²) in [6.45, 7) is 7.32. The Hall–Kier alpha value is -3.03. The van der Waals surface area contributed by atoms with Gasteiger partial charge in [-0.05, 0) is 24.6 Å². The van der Waals surface area contributed by atoms with Crippen LogP contribution in [0, 0.1) is 6.92 Å². The summed E-state index contributed by atoms with van der Waals surface area (Å²) in [5, 5.41) is 3.44. The first-order valence-corrected chi connectivity index (χ1v) is 9.97. The van der Waals surface area contributed by atoms with Gasteiger partial charge in [0.1, 0.15) is 0 Å². The Morgan fingerprint density at radius 3 is 2.72 bits per heavy atom. The summed E-state index contributed by atoms with van der Waals surface area (Å²) in [6, 6.07) is 8.54. The van der Waals surface area contributed by atoms with Crippen LogP contribution < -0.4 is 5.32 Å². The smallest absolute Gasteiger partial charge is 0.180 e. The molecule has 0 amide bonds. The summed E-state index contributed by atoms with van der Waals surface area (Å²) in [5.74, 6) is 0.757. The zero-order valence-corrected chi connectivity index (χ0v) is 16.5. The van der Waals surface area contributed by atoms with Gasteiger partial charge in [0, 0.05) is 43.3 Å². The van der Waals surface area contributed by atoms with Crippen LogP contribution in [0.25, 0.3) is 11.2 Å². The van der Waals surface area contributed by atoms with E-state index in [4.69, 9.17) is 4.74 Å². The summed E-state index contributed by atoms with van der Waals surface area (Å²) in [5.41, 5.74) is 6.18. The fourth-order valence-electron chi connectivity index (χ4n) is 3.78. The SMILES string of the molecule is Cc1cn2c(C3=CCN=C3)cnc2c(Nc2ccc(CN3CCOCC3)cc2)n1. The van der Waals surface area contributed by atoms with Crippen molar-refractivity contribution >= 4 is 28.9 Å². The van der Waals surface area contributed by atoms with Gasteiger partial charge in [0.25, 0.3) is 0 Å². The van der Waals surface area contributed by atoms with E-state index in [1.54, 1.807) is 0 Å². The van der Waals surface area contributed by atoms with Crippen LogP contribution in [-0.4, -0.2) is 58.3 Å². The van der Waals surface area contributed by atoms with Gasteiger partial charge in [-0.3, -0.25) is 14.3 Å². The monoisotopic (exact) mass is 388 g/mol. The van der Waals surface area contributed by atoms with Crippen molar-refractivity contribution in [3.8, 4) is 0 Å². The summed E-state index contributed by atoms with van der Waals surface area (Å²) >= 11 is 0. The number of nitrogens with one attached hydrogen (secondary N) is 1. The lowest BCUT2D eigenvalue weighted by Gasteiger charge is -2.26. The Morgan fingerprint density at radius 1 is 1.14 bits per heavy atom. The Kier molecular flexibility index (Phi) is 4.83. The van der Waals surface area contributed by atoms with Gasteiger partial charge in [-0.2, -0.15) is 0 Å². The van der Waals surface area contributed by atoms with Crippen molar-refractivity contribution < 1.29 is 4.74 Å². The van der Waals surface area contributed by atoms with Crippen molar-refractivity contribution in [1.82, 2.24) is 19.3 Å². The summed E-state index contributed by atoms with van der Waals surface area (Å²) < 4.78 is 7.51. The zero-order chi connectivity index (χ0) is 19.6. The lowest BCUT2D eigenvalue weighted by atomic mass is 10.2. The number of morpholine rings is 1. The second-order valence-electron chi connectivity index (χ2n) is 7.43. The Labute approximate surface area is 169 Å². The van der Waals surface area contributed by atoms with Crippen LogP contribution in [-0.2, 0) is 11.3 Å². The number of benzene rings is 1. The number of hydrogen-bond acceptors (Lipinski definition) is 6. The van der Waals surface area contributed by atoms with Crippen molar-refractivity contribution in [1.29, 1.82) is 0 Å². The molecule has 0 bridgehead atoms. The van der Waals surface area contributed by atoms with E-state index in [0.717, 1.165) is 73.5 Å². The molecule has 2 aliphatic rings. The third-order valence-electron chi connectivity index (χ3n) is 5.28. The average molecular weight is 388 g/mol. The number of anilines is 2. The van der Waals surface area contributed by atoms with E-state index in [1.165, 1.54) is 5.56 Å². The first kappa shape index (κ1) is 18.0. The number of rotatable bonds is 5. The van der Waals surface area contributed by atoms with E-state index in [1.807, 2.05) is 25.5 Å². The predicted molar refractivity (Wildman–Crippen MR) is 115 cm³/mol. The predicted octanol–water partition coefficient (Wildman–Crippen LogP) is 3.08. The maximum Gasteiger partial charge on any atom is 0.180 e. The highest BCUT2D eigenvalue weighted by Gasteiger charge is 2.14. The van der Waals surface area contributed by atoms with E-state index in [0.29, 0.717) is 0 Å². The fraction of sp³-hybridized carbons (Fsp3) is 0.318. The number of aromatic nitrogens is 3. The third-order valence-corrected chi connectivity index (χ3v) is 5.28. The highest BCUT2D eigenvalue weighted by Crippen LogP contribution is 2.24. The van der Waals surface area contributed by atoms with Gasteiger partial charge in [-0.1, -0.05) is 18.2 Å². The molecule has 0 unspecified atom stereocenters. The highest BCUT2D eigenvalue weighted by atomic mass is 16.5. The number of nitrogens with zero attached hydrogens (tertiary/aromatic N) is 5. The summed E-state index contributed by atoms with van der Waals surface area (Å²) in [4.78, 5) is 16.0. The van der Waals surface area contributed by atoms with Crippen molar-refractivity contribution in [3.05, 3.63) is 59.7 Å². The Balaban J connectivity index is 1.38. The van der Waals surface area contributed by atoms with Crippen LogP contribution in [0.5, 0.6) is 0 Å². The molecule has 1 N–H and O–H groups in total. The van der Waals surface area contributed by atoms with Crippen molar-refractivity contribution in [3.63, 3.8) is 0 Å². The molecule has 0 spiro atoms. The molecule has 2 aliphatic heterocycles. The van der Waals surface area contributed by atoms with Crippen molar-refractivity contribution in [2.45, 2.75) is 13.5 Å². The number of aliphatic imine (C=N–C) groups is 1. The first-order valence-electron chi connectivity index (χ1n) is 9.97. The quantitative estimate of drug-likeness (QED) is 0.728. The van der Waals surface area contributed by atoms with E-state index in [9.17, 15) is 0 Å². The molecule has 1 saturated heterocycles. The minimum absolute atomic E-state index is 0.731. The normalized spacial score (nSPS) is 17.1. The molecule has 4 heterocycles. The van der Waals surface area contributed by atoms with Crippen LogP contribution in [0.4, 0.5) is 11.5 Å². The molecule has 1 fully saturated rings. The molecule has 5 rings (SSSR count). The standard InChI is InChI=1S/C22H24N6O/c1-16-14-28-20(18-6-7-23-12-18)13-24-22(28)21(25-16)26-19-4-2-17(3-5-19)15-27-8-10-29-11-9-27/h2-6,12-14H,7-11,15H2,1H3,(H,25,26). The topological polar surface area (TPSA) is 67.0 Å². The van der Waals surface area contributed by atoms with Crippen molar-refractivity contribution in [2.75, 3.05) is 38.2 Å². The van der Waals surface area contributed by atoms with Gasteiger partial charge in [0.05, 0.1) is 37.3 Å². The van der Waals surface area contributed by atoms with E-state index >= 15 is 0 Å². The second-order valence-corrected chi connectivity index (χ2v) is 7.43. The second kappa shape index (κ2) is 7.77. The van der Waals surface area contributed by atoms with Gasteiger partial charge in [-0.15, -0.1) is 0 Å². The van der Waals surface area contributed by atoms with Gasteiger partial charge in [-0.25, -0.2) is 9.97 Å². The molecule has 1 aromatic carbocycles. The van der Waals surface area contributed by atoms with Crippen LogP contribution in [0.1, 0.15) is 17.0 Å². The summed E-state index contributed by atoms with van der Waals surface area (Å²) in [6.07, 6.45) is 7.91. The lowest BCUT2D eigenvalue weighted by molar-refractivity contribution is 0.0342. The molecular formula is C22H24N6O. The minimum atomic E-state index is 0.731. The number of aryl methyl sites for hydroxylation is 1. The maximum absolute atomic E-state index is 5.42. The number of fused-ring (bicyclic) bond motifs is 1. The van der Waals surface area contributed by atoms with Gasteiger partial charge in [0.15, 0.2) is 11.5 Å². The average Bonchev–Trinajstić information content (AvgIpc) is 3.40. The largest absolute Gasteiger partial charge is 0.379 e. The van der Waals surface area contributed by atoms with E-state index in [2.05, 4.69) is 59.9 Å². The first-order chi connectivity index (χ1) is 14.3. The molecule has 0 radical (unpaired) electrons. The van der Waals surface area contributed by atoms with Crippen LogP contribution in [0.2, 0.25) is 0 Å². The van der Waals surface area contributed by atoms with Crippen LogP contribution in [0.3, 0.4) is 0 Å². The molecule has 7 heteroatoms. The number of allylic oxidation sites excluding steroid dienone is 1. The molecule has 0 saturated carbocycles. The van der Waals surface area contributed by atoms with Crippen LogP contribution >= 0.6 is 0 Å². The lowest BCUT2D eigenvalue weighted by Crippen LogP contribution is -2.35. The Bertz CT molecular complexity index is 1080. The minimum Gasteiger partial charge on any atom is -0.379 e. The Morgan fingerprint density at radius 2 is 1.97 bits per heavy atom. The van der Waals surface area contributed by atoms with Crippen LogP contribution in [0.15, 0.2) is 47.7 Å². The van der Waals surface area contributed by atoms with E-state index in [-0.39, 0.29) is 0 Å². The third kappa shape index (κ3) is 3.79. The molecule has 0 atom stereocenters. The van der Waals surface area contributed by atoms with Crippen molar-refractivity contribution in [2.24, 2.45) is 4.99 Å². The maximum atomic E-state index is 5.42. The number of ether oxygens (including phenoxy) is 1.